The number of rotatable bonds is 11. The summed E-state index contributed by atoms with van der Waals surface area (Å²) in [5.74, 6) is -8.21. The van der Waals surface area contributed by atoms with E-state index in [2.05, 4.69) is 10.6 Å². The Morgan fingerprint density at radius 1 is 1.18 bits per heavy atom. The normalized spacial score (nSPS) is 18.9. The highest BCUT2D eigenvalue weighted by atomic mass is 35.5. The van der Waals surface area contributed by atoms with Crippen molar-refractivity contribution in [2.24, 2.45) is 5.73 Å². The fourth-order valence-electron chi connectivity index (χ4n) is 3.37. The molecule has 0 radical (unpaired) electrons. The average molecular weight is 610 g/mol. The number of hydrogen-bond donors (Lipinski definition) is 5. The van der Waals surface area contributed by atoms with E-state index in [1.54, 1.807) is 0 Å². The lowest BCUT2D eigenvalue weighted by Crippen LogP contribution is -2.60. The number of amides is 3. The van der Waals surface area contributed by atoms with Crippen LogP contribution >= 0.6 is 12.4 Å². The first-order valence-electron chi connectivity index (χ1n) is 11.6. The number of benzene rings is 1. The van der Waals surface area contributed by atoms with Crippen molar-refractivity contribution in [1.82, 2.24) is 16.0 Å². The van der Waals surface area contributed by atoms with E-state index in [-0.39, 0.29) is 50.1 Å². The number of nitrogens with two attached hydrogens (primary N) is 1. The Kier molecular flexibility index (Phi) is 12.3. The number of hydrogen-bond acceptors (Lipinski definition) is 8. The van der Waals surface area contributed by atoms with Crippen LogP contribution in [0.3, 0.4) is 0 Å². The van der Waals surface area contributed by atoms with Gasteiger partial charge in [-0.1, -0.05) is 0 Å². The smallest absolute Gasteiger partial charge is 0.455 e. The number of alkyl halides is 5. The van der Waals surface area contributed by atoms with Crippen LogP contribution < -0.4 is 31.3 Å². The Hall–Kier alpha value is -3.02. The summed E-state index contributed by atoms with van der Waals surface area (Å²) in [6, 6.07) is 2.00. The van der Waals surface area contributed by atoms with Crippen LogP contribution in [-0.2, 0) is 14.3 Å². The standard InChI is InChI=1S/C22H29F6N5O6.ClH/c1-12-16(31-10-20(2,37)18(35)32-11-21(24,25)22(26,27)28)17(34)33(7-8-38-19(36)30-6-5-29)14-9-13(23)3-4-15(14)39-12;/h3-4,9,12,16,31,37H,5-8,10-11,29H2,1-2H3,(H,30,36)(H,32,35);1H/t12-,16+,20+;/m1./s1. The molecule has 0 unspecified atom stereocenters. The Bertz CT molecular complexity index is 1050. The molecule has 0 aliphatic carbocycles. The highest BCUT2D eigenvalue weighted by Crippen LogP contribution is 2.35. The molecule has 1 aliphatic rings. The highest BCUT2D eigenvalue weighted by Gasteiger charge is 2.57. The number of carbonyl (C=O) groups is 3. The Morgan fingerprint density at radius 3 is 2.42 bits per heavy atom. The van der Waals surface area contributed by atoms with Gasteiger partial charge in [-0.25, -0.2) is 9.18 Å². The van der Waals surface area contributed by atoms with Crippen LogP contribution in [-0.4, -0.2) is 92.2 Å². The van der Waals surface area contributed by atoms with E-state index in [0.29, 0.717) is 0 Å². The minimum Gasteiger partial charge on any atom is -0.486 e. The van der Waals surface area contributed by atoms with E-state index in [1.807, 2.05) is 0 Å². The molecule has 11 nitrogen and oxygen atoms in total. The van der Waals surface area contributed by atoms with Crippen molar-refractivity contribution in [3.63, 3.8) is 0 Å². The fourth-order valence-corrected chi connectivity index (χ4v) is 3.37. The number of fused-ring (bicyclic) bond motifs is 1. The van der Waals surface area contributed by atoms with Gasteiger partial charge in [0.25, 0.3) is 5.91 Å². The zero-order valence-electron chi connectivity index (χ0n) is 21.3. The molecule has 0 fully saturated rings. The number of anilines is 1. The van der Waals surface area contributed by atoms with E-state index in [4.69, 9.17) is 15.2 Å². The number of carbonyl (C=O) groups excluding carboxylic acids is 3. The SMILES string of the molecule is C[C@H]1Oc2ccc(F)cc2N(CCOC(=O)NCCN)C(=O)[C@H]1NC[C@](C)(O)C(=O)NCC(F)(F)C(F)(F)F.Cl. The van der Waals surface area contributed by atoms with E-state index >= 15 is 0 Å². The Labute approximate surface area is 231 Å². The van der Waals surface area contributed by atoms with Crippen molar-refractivity contribution in [3.05, 3.63) is 24.0 Å². The maximum Gasteiger partial charge on any atom is 0.455 e. The third-order valence-corrected chi connectivity index (χ3v) is 5.53. The summed E-state index contributed by atoms with van der Waals surface area (Å²) in [5, 5.41) is 16.7. The molecule has 0 bridgehead atoms. The van der Waals surface area contributed by atoms with Gasteiger partial charge >= 0.3 is 18.2 Å². The maximum atomic E-state index is 14.0. The number of halogens is 7. The number of nitrogens with zero attached hydrogens (tertiary/aromatic N) is 1. The van der Waals surface area contributed by atoms with Gasteiger partial charge < -0.3 is 35.8 Å². The van der Waals surface area contributed by atoms with Crippen LogP contribution in [0.5, 0.6) is 5.75 Å². The predicted octanol–water partition coefficient (Wildman–Crippen LogP) is 1.07. The first-order chi connectivity index (χ1) is 18.0. The molecule has 0 saturated heterocycles. The van der Waals surface area contributed by atoms with E-state index in [9.17, 15) is 45.8 Å². The summed E-state index contributed by atoms with van der Waals surface area (Å²) >= 11 is 0. The summed E-state index contributed by atoms with van der Waals surface area (Å²) in [5.41, 5.74) is 2.73. The molecule has 3 atom stereocenters. The molecule has 18 heteroatoms. The van der Waals surface area contributed by atoms with Gasteiger partial charge in [0.2, 0.25) is 5.91 Å². The van der Waals surface area contributed by atoms with Gasteiger partial charge in [0.15, 0.2) is 5.60 Å². The van der Waals surface area contributed by atoms with Crippen molar-refractivity contribution in [2.45, 2.75) is 43.7 Å². The van der Waals surface area contributed by atoms with Crippen molar-refractivity contribution in [1.29, 1.82) is 0 Å². The monoisotopic (exact) mass is 609 g/mol. The van der Waals surface area contributed by atoms with Gasteiger partial charge in [-0.2, -0.15) is 22.0 Å². The lowest BCUT2D eigenvalue weighted by Gasteiger charge is -2.30. The molecule has 1 aromatic carbocycles. The summed E-state index contributed by atoms with van der Waals surface area (Å²) < 4.78 is 88.1. The minimum atomic E-state index is -5.92. The van der Waals surface area contributed by atoms with Crippen LogP contribution in [0.2, 0.25) is 0 Å². The summed E-state index contributed by atoms with van der Waals surface area (Å²) in [7, 11) is 0. The molecule has 1 heterocycles. The average Bonchev–Trinajstić information content (AvgIpc) is 2.93. The van der Waals surface area contributed by atoms with E-state index in [1.165, 1.54) is 18.3 Å². The number of aliphatic hydroxyl groups is 1. The third kappa shape index (κ3) is 9.00. The molecule has 228 valence electrons. The third-order valence-electron chi connectivity index (χ3n) is 5.53. The number of ether oxygens (including phenoxy) is 2. The minimum absolute atomic E-state index is 0. The van der Waals surface area contributed by atoms with Crippen molar-refractivity contribution < 1.29 is 55.3 Å². The molecule has 3 amide bonds. The Balaban J connectivity index is 0.00000800. The molecule has 6 N–H and O–H groups in total. The van der Waals surface area contributed by atoms with Crippen LogP contribution in [0.1, 0.15) is 13.8 Å². The lowest BCUT2D eigenvalue weighted by molar-refractivity contribution is -0.279. The van der Waals surface area contributed by atoms with Crippen molar-refractivity contribution in [2.75, 3.05) is 44.2 Å². The van der Waals surface area contributed by atoms with Crippen LogP contribution in [0, 0.1) is 5.82 Å². The largest absolute Gasteiger partial charge is 0.486 e. The molecular formula is C22H30ClF6N5O6. The topological polar surface area (TPSA) is 155 Å². The molecule has 2 rings (SSSR count). The molecule has 0 saturated carbocycles. The van der Waals surface area contributed by atoms with Gasteiger partial charge in [-0.05, 0) is 26.0 Å². The highest BCUT2D eigenvalue weighted by molar-refractivity contribution is 5.99. The van der Waals surface area contributed by atoms with Gasteiger partial charge in [0.05, 0.1) is 18.8 Å². The summed E-state index contributed by atoms with van der Waals surface area (Å²) in [6.45, 7) is -0.950. The van der Waals surface area contributed by atoms with E-state index < -0.39 is 66.7 Å². The van der Waals surface area contributed by atoms with E-state index in [0.717, 1.165) is 24.0 Å². The maximum absolute atomic E-state index is 14.0. The molecule has 1 aromatic rings. The number of nitrogens with one attached hydrogen (secondary N) is 3. The zero-order chi connectivity index (χ0) is 29.6. The van der Waals surface area contributed by atoms with Gasteiger partial charge in [0.1, 0.15) is 30.3 Å². The first kappa shape index (κ1) is 35.0. The molecule has 1 aliphatic heterocycles. The second kappa shape index (κ2) is 14.0. The van der Waals surface area contributed by atoms with Gasteiger partial charge in [-0.15, -0.1) is 12.4 Å². The summed E-state index contributed by atoms with van der Waals surface area (Å²) in [6.07, 6.45) is -7.75. The molecule has 0 spiro atoms. The van der Waals surface area contributed by atoms with Crippen LogP contribution in [0.4, 0.5) is 36.8 Å². The quantitative estimate of drug-likeness (QED) is 0.233. The fraction of sp³-hybridized carbons (Fsp3) is 0.591. The summed E-state index contributed by atoms with van der Waals surface area (Å²) in [4.78, 5) is 38.3. The molecule has 0 aromatic heterocycles. The number of alkyl carbamates (subject to hydrolysis) is 1. The molecule has 40 heavy (non-hydrogen) atoms. The second-order valence-corrected chi connectivity index (χ2v) is 8.79. The van der Waals surface area contributed by atoms with Gasteiger partial charge in [-0.3, -0.25) is 14.9 Å². The molecular weight excluding hydrogens is 580 g/mol. The Morgan fingerprint density at radius 2 is 1.82 bits per heavy atom. The van der Waals surface area contributed by atoms with Crippen LogP contribution in [0.25, 0.3) is 0 Å². The van der Waals surface area contributed by atoms with Gasteiger partial charge in [0, 0.05) is 25.7 Å². The zero-order valence-corrected chi connectivity index (χ0v) is 22.1. The van der Waals surface area contributed by atoms with Crippen LogP contribution in [0.15, 0.2) is 18.2 Å². The first-order valence-corrected chi connectivity index (χ1v) is 11.6. The predicted molar refractivity (Wildman–Crippen MR) is 131 cm³/mol. The lowest BCUT2D eigenvalue weighted by atomic mass is 10.0. The van der Waals surface area contributed by atoms with Crippen molar-refractivity contribution in [3.8, 4) is 5.75 Å². The van der Waals surface area contributed by atoms with Crippen molar-refractivity contribution >= 4 is 36.0 Å². The second-order valence-electron chi connectivity index (χ2n) is 8.79.